The summed E-state index contributed by atoms with van der Waals surface area (Å²) in [5.74, 6) is 0.211. The lowest BCUT2D eigenvalue weighted by Gasteiger charge is -2.14. The highest BCUT2D eigenvalue weighted by molar-refractivity contribution is 5.80. The molecule has 0 bridgehead atoms. The molecule has 1 fully saturated rings. The molecule has 1 aromatic carbocycles. The smallest absolute Gasteiger partial charge is 0.222 e. The Morgan fingerprint density at radius 1 is 1.17 bits per heavy atom. The van der Waals surface area contributed by atoms with Crippen molar-refractivity contribution in [2.75, 3.05) is 13.1 Å². The van der Waals surface area contributed by atoms with Gasteiger partial charge in [-0.05, 0) is 42.2 Å². The van der Waals surface area contributed by atoms with Gasteiger partial charge >= 0.3 is 0 Å². The van der Waals surface area contributed by atoms with Crippen molar-refractivity contribution in [3.8, 4) is 22.4 Å². The standard InChI is InChI=1S/C23H25N5O2/c29-21(6-2-12-28-13-3-7-22(28)30)25-15-17-4-1-5-19(14-17)23-20(16-26-27-23)18-8-10-24-11-9-18/h1,4-5,8-11,14,16H,2-3,6-7,12-13,15H2,(H,25,29)(H,26,27). The number of rotatable bonds is 8. The number of nitrogens with one attached hydrogen (secondary N) is 2. The van der Waals surface area contributed by atoms with Crippen molar-refractivity contribution in [3.05, 3.63) is 60.6 Å². The fraction of sp³-hybridized carbons (Fsp3) is 0.304. The fourth-order valence-corrected chi connectivity index (χ4v) is 3.75. The lowest BCUT2D eigenvalue weighted by Crippen LogP contribution is -2.28. The van der Waals surface area contributed by atoms with Gasteiger partial charge in [0.25, 0.3) is 0 Å². The fourth-order valence-electron chi connectivity index (χ4n) is 3.75. The summed E-state index contributed by atoms with van der Waals surface area (Å²) in [6.07, 6.45) is 8.03. The summed E-state index contributed by atoms with van der Waals surface area (Å²) in [6.45, 7) is 1.95. The van der Waals surface area contributed by atoms with Crippen LogP contribution < -0.4 is 5.32 Å². The molecule has 3 aromatic rings. The third-order valence-electron chi connectivity index (χ3n) is 5.34. The Hall–Kier alpha value is -3.48. The molecule has 2 amide bonds. The Morgan fingerprint density at radius 3 is 2.83 bits per heavy atom. The Kier molecular flexibility index (Phi) is 6.17. The molecule has 3 heterocycles. The van der Waals surface area contributed by atoms with Crippen molar-refractivity contribution in [1.82, 2.24) is 25.4 Å². The summed E-state index contributed by atoms with van der Waals surface area (Å²) in [4.78, 5) is 29.7. The first kappa shape index (κ1) is 19.8. The first-order valence-corrected chi connectivity index (χ1v) is 10.3. The number of H-pyrrole nitrogens is 1. The number of hydrogen-bond donors (Lipinski definition) is 2. The molecule has 30 heavy (non-hydrogen) atoms. The predicted octanol–water partition coefficient (Wildman–Crippen LogP) is 3.16. The molecule has 0 aliphatic carbocycles. The van der Waals surface area contributed by atoms with Gasteiger partial charge in [0.15, 0.2) is 0 Å². The van der Waals surface area contributed by atoms with Gasteiger partial charge in [-0.2, -0.15) is 5.10 Å². The van der Waals surface area contributed by atoms with E-state index >= 15 is 0 Å². The van der Waals surface area contributed by atoms with Gasteiger partial charge in [-0.25, -0.2) is 0 Å². The number of nitrogens with zero attached hydrogens (tertiary/aromatic N) is 3. The first-order valence-electron chi connectivity index (χ1n) is 10.3. The second kappa shape index (κ2) is 9.35. The number of amides is 2. The Bertz CT molecular complexity index is 1020. The van der Waals surface area contributed by atoms with Gasteiger partial charge in [-0.1, -0.05) is 18.2 Å². The Morgan fingerprint density at radius 2 is 2.03 bits per heavy atom. The molecule has 1 aliphatic rings. The number of aromatic amines is 1. The topological polar surface area (TPSA) is 91.0 Å². The molecule has 1 saturated heterocycles. The highest BCUT2D eigenvalue weighted by Crippen LogP contribution is 2.30. The van der Waals surface area contributed by atoms with Gasteiger partial charge in [0, 0.05) is 56.0 Å². The minimum Gasteiger partial charge on any atom is -0.352 e. The minimum absolute atomic E-state index is 0.00561. The Labute approximate surface area is 175 Å². The number of pyridine rings is 1. The number of likely N-dealkylation sites (tertiary alicyclic amines) is 1. The van der Waals surface area contributed by atoms with Gasteiger partial charge in [0.1, 0.15) is 0 Å². The van der Waals surface area contributed by atoms with Crippen molar-refractivity contribution in [2.24, 2.45) is 0 Å². The van der Waals surface area contributed by atoms with Crippen molar-refractivity contribution in [1.29, 1.82) is 0 Å². The summed E-state index contributed by atoms with van der Waals surface area (Å²) in [6, 6.07) is 12.0. The quantitative estimate of drug-likeness (QED) is 0.604. The van der Waals surface area contributed by atoms with Crippen molar-refractivity contribution >= 4 is 11.8 Å². The third kappa shape index (κ3) is 4.74. The zero-order valence-corrected chi connectivity index (χ0v) is 16.8. The molecule has 1 aliphatic heterocycles. The molecule has 0 unspecified atom stereocenters. The van der Waals surface area contributed by atoms with Gasteiger partial charge in [-0.15, -0.1) is 0 Å². The van der Waals surface area contributed by atoms with Crippen molar-refractivity contribution in [2.45, 2.75) is 32.2 Å². The van der Waals surface area contributed by atoms with Crippen LogP contribution >= 0.6 is 0 Å². The van der Waals surface area contributed by atoms with Crippen LogP contribution in [0.3, 0.4) is 0 Å². The average Bonchev–Trinajstić information content (AvgIpc) is 3.43. The molecule has 0 radical (unpaired) electrons. The van der Waals surface area contributed by atoms with Crippen molar-refractivity contribution in [3.63, 3.8) is 0 Å². The van der Waals surface area contributed by atoms with Crippen LogP contribution in [0, 0.1) is 0 Å². The zero-order valence-electron chi connectivity index (χ0n) is 16.8. The van der Waals surface area contributed by atoms with Crippen LogP contribution in [0.4, 0.5) is 0 Å². The molecule has 0 spiro atoms. The summed E-state index contributed by atoms with van der Waals surface area (Å²) < 4.78 is 0. The minimum atomic E-state index is 0.00561. The molecule has 7 heteroatoms. The van der Waals surface area contributed by atoms with E-state index in [9.17, 15) is 9.59 Å². The second-order valence-corrected chi connectivity index (χ2v) is 7.46. The highest BCUT2D eigenvalue weighted by Gasteiger charge is 2.19. The zero-order chi connectivity index (χ0) is 20.8. The molecule has 2 aromatic heterocycles. The van der Waals surface area contributed by atoms with E-state index in [0.717, 1.165) is 40.9 Å². The molecule has 4 rings (SSSR count). The van der Waals surface area contributed by atoms with Crippen molar-refractivity contribution < 1.29 is 9.59 Å². The van der Waals surface area contributed by atoms with Crippen LogP contribution in [0.25, 0.3) is 22.4 Å². The molecule has 0 saturated carbocycles. The maximum absolute atomic E-state index is 12.2. The molecule has 154 valence electrons. The lowest BCUT2D eigenvalue weighted by atomic mass is 10.0. The number of aromatic nitrogens is 3. The van der Waals surface area contributed by atoms with Gasteiger partial charge in [-0.3, -0.25) is 19.7 Å². The van der Waals surface area contributed by atoms with E-state index in [1.165, 1.54) is 0 Å². The molecule has 2 N–H and O–H groups in total. The lowest BCUT2D eigenvalue weighted by molar-refractivity contribution is -0.128. The molecular formula is C23H25N5O2. The molecule has 0 atom stereocenters. The summed E-state index contributed by atoms with van der Waals surface area (Å²) in [5, 5.41) is 10.3. The summed E-state index contributed by atoms with van der Waals surface area (Å²) in [7, 11) is 0. The number of carbonyl (C=O) groups is 2. The van der Waals surface area contributed by atoms with Crippen LogP contribution in [-0.4, -0.2) is 45.0 Å². The molecular weight excluding hydrogens is 378 g/mol. The van der Waals surface area contributed by atoms with Crippen LogP contribution in [-0.2, 0) is 16.1 Å². The number of carbonyl (C=O) groups excluding carboxylic acids is 2. The van der Waals surface area contributed by atoms with E-state index in [1.54, 1.807) is 12.4 Å². The summed E-state index contributed by atoms with van der Waals surface area (Å²) >= 11 is 0. The number of hydrogen-bond acceptors (Lipinski definition) is 4. The van der Waals surface area contributed by atoms with Crippen LogP contribution in [0.2, 0.25) is 0 Å². The van der Waals surface area contributed by atoms with Crippen LogP contribution in [0.5, 0.6) is 0 Å². The van der Waals surface area contributed by atoms with E-state index in [0.29, 0.717) is 32.4 Å². The second-order valence-electron chi connectivity index (χ2n) is 7.46. The highest BCUT2D eigenvalue weighted by atomic mass is 16.2. The van der Waals surface area contributed by atoms with E-state index in [1.807, 2.05) is 41.4 Å². The van der Waals surface area contributed by atoms with Gasteiger partial charge in [0.05, 0.1) is 11.9 Å². The third-order valence-corrected chi connectivity index (χ3v) is 5.34. The normalized spacial score (nSPS) is 13.6. The Balaban J connectivity index is 1.34. The van der Waals surface area contributed by atoms with E-state index in [-0.39, 0.29) is 11.8 Å². The van der Waals surface area contributed by atoms with E-state index in [2.05, 4.69) is 26.6 Å². The van der Waals surface area contributed by atoms with E-state index in [4.69, 9.17) is 0 Å². The first-order chi connectivity index (χ1) is 14.7. The predicted molar refractivity (Wildman–Crippen MR) is 114 cm³/mol. The molecule has 7 nitrogen and oxygen atoms in total. The number of benzene rings is 1. The maximum Gasteiger partial charge on any atom is 0.222 e. The van der Waals surface area contributed by atoms with Gasteiger partial charge in [0.2, 0.25) is 11.8 Å². The average molecular weight is 403 g/mol. The van der Waals surface area contributed by atoms with E-state index < -0.39 is 0 Å². The maximum atomic E-state index is 12.2. The van der Waals surface area contributed by atoms with Crippen LogP contribution in [0.1, 0.15) is 31.2 Å². The largest absolute Gasteiger partial charge is 0.352 e. The monoisotopic (exact) mass is 403 g/mol. The van der Waals surface area contributed by atoms with Crippen LogP contribution in [0.15, 0.2) is 55.0 Å². The van der Waals surface area contributed by atoms with Gasteiger partial charge < -0.3 is 10.2 Å². The summed E-state index contributed by atoms with van der Waals surface area (Å²) in [5.41, 5.74) is 5.02. The SMILES string of the molecule is O=C(CCCN1CCCC1=O)NCc1cccc(-c2[nH]ncc2-c2ccncc2)c1.